The number of nitrogens with one attached hydrogen (secondary N) is 1. The van der Waals surface area contributed by atoms with Crippen LogP contribution < -0.4 is 5.32 Å². The zero-order chi connectivity index (χ0) is 19.9. The number of hydrogen-bond donors (Lipinski definition) is 2. The molecule has 0 unspecified atom stereocenters. The van der Waals surface area contributed by atoms with Crippen molar-refractivity contribution in [2.24, 2.45) is 0 Å². The van der Waals surface area contributed by atoms with E-state index < -0.39 is 15.8 Å². The predicted molar refractivity (Wildman–Crippen MR) is 104 cm³/mol. The molecule has 0 atom stereocenters. The SMILES string of the molecule is CCCCS(=O)(=O)c1ccc(C(=O)Nc2ccc(CCC(=O)O)cc2)cc1. The Morgan fingerprint density at radius 3 is 2.19 bits per heavy atom. The number of carboxylic acids is 1. The van der Waals surface area contributed by atoms with E-state index in [1.165, 1.54) is 24.3 Å². The van der Waals surface area contributed by atoms with E-state index in [9.17, 15) is 18.0 Å². The standard InChI is InChI=1S/C20H23NO5S/c1-2-3-14-27(25,26)18-11-7-16(8-12-18)20(24)21-17-9-4-15(5-10-17)6-13-19(22)23/h4-5,7-12H,2-3,6,13-14H2,1H3,(H,21,24)(H,22,23). The van der Waals surface area contributed by atoms with Gasteiger partial charge < -0.3 is 10.4 Å². The van der Waals surface area contributed by atoms with Gasteiger partial charge in [-0.2, -0.15) is 0 Å². The lowest BCUT2D eigenvalue weighted by atomic mass is 10.1. The first-order valence-electron chi connectivity index (χ1n) is 8.76. The number of carbonyl (C=O) groups excluding carboxylic acids is 1. The molecule has 2 aromatic carbocycles. The summed E-state index contributed by atoms with van der Waals surface area (Å²) in [4.78, 5) is 23.1. The van der Waals surface area contributed by atoms with Crippen molar-refractivity contribution in [1.29, 1.82) is 0 Å². The van der Waals surface area contributed by atoms with Gasteiger partial charge in [-0.25, -0.2) is 8.42 Å². The number of unbranched alkanes of at least 4 members (excludes halogenated alkanes) is 1. The molecule has 0 aliphatic carbocycles. The molecule has 0 saturated heterocycles. The second kappa shape index (κ2) is 9.32. The van der Waals surface area contributed by atoms with Crippen molar-refractivity contribution < 1.29 is 23.1 Å². The highest BCUT2D eigenvalue weighted by molar-refractivity contribution is 7.91. The molecule has 0 aromatic heterocycles. The van der Waals surface area contributed by atoms with Gasteiger partial charge in [0.15, 0.2) is 9.84 Å². The van der Waals surface area contributed by atoms with Crippen LogP contribution in [0.25, 0.3) is 0 Å². The van der Waals surface area contributed by atoms with Crippen LogP contribution in [-0.4, -0.2) is 31.2 Å². The molecule has 1 amide bonds. The number of carboxylic acid groups (broad SMARTS) is 1. The van der Waals surface area contributed by atoms with Crippen molar-refractivity contribution in [3.63, 3.8) is 0 Å². The Kier molecular flexibility index (Phi) is 7.12. The summed E-state index contributed by atoms with van der Waals surface area (Å²) in [5.41, 5.74) is 1.81. The molecular weight excluding hydrogens is 366 g/mol. The zero-order valence-corrected chi connectivity index (χ0v) is 16.0. The first kappa shape index (κ1) is 20.6. The highest BCUT2D eigenvalue weighted by atomic mass is 32.2. The van der Waals surface area contributed by atoms with Gasteiger partial charge in [0.25, 0.3) is 5.91 Å². The number of amides is 1. The van der Waals surface area contributed by atoms with Crippen LogP contribution in [0.4, 0.5) is 5.69 Å². The molecule has 2 rings (SSSR count). The van der Waals surface area contributed by atoms with Crippen molar-refractivity contribution >= 4 is 27.4 Å². The highest BCUT2D eigenvalue weighted by Gasteiger charge is 2.14. The second-order valence-electron chi connectivity index (χ2n) is 6.24. The summed E-state index contributed by atoms with van der Waals surface area (Å²) in [6.07, 6.45) is 1.89. The van der Waals surface area contributed by atoms with Gasteiger partial charge in [-0.05, 0) is 54.8 Å². The lowest BCUT2D eigenvalue weighted by Crippen LogP contribution is -2.12. The number of carbonyl (C=O) groups is 2. The molecule has 144 valence electrons. The minimum Gasteiger partial charge on any atom is -0.481 e. The van der Waals surface area contributed by atoms with Gasteiger partial charge in [-0.3, -0.25) is 9.59 Å². The average molecular weight is 389 g/mol. The third-order valence-electron chi connectivity index (χ3n) is 4.08. The Hall–Kier alpha value is -2.67. The third kappa shape index (κ3) is 6.21. The quantitative estimate of drug-likeness (QED) is 0.683. The maximum atomic E-state index is 12.3. The van der Waals surface area contributed by atoms with E-state index in [2.05, 4.69) is 5.32 Å². The van der Waals surface area contributed by atoms with Crippen LogP contribution in [0.2, 0.25) is 0 Å². The minimum absolute atomic E-state index is 0.0548. The Morgan fingerprint density at radius 1 is 1.00 bits per heavy atom. The molecule has 0 aliphatic heterocycles. The summed E-state index contributed by atoms with van der Waals surface area (Å²) in [7, 11) is -3.31. The van der Waals surface area contributed by atoms with E-state index in [-0.39, 0.29) is 23.0 Å². The van der Waals surface area contributed by atoms with Crippen LogP contribution in [-0.2, 0) is 21.1 Å². The number of benzene rings is 2. The minimum atomic E-state index is -3.31. The summed E-state index contributed by atoms with van der Waals surface area (Å²) in [6, 6.07) is 12.8. The summed E-state index contributed by atoms with van der Waals surface area (Å²) in [5.74, 6) is -1.10. The van der Waals surface area contributed by atoms with Crippen LogP contribution in [0.1, 0.15) is 42.1 Å². The molecule has 2 aromatic rings. The van der Waals surface area contributed by atoms with Gasteiger partial charge in [0.05, 0.1) is 10.6 Å². The van der Waals surface area contributed by atoms with Crippen molar-refractivity contribution in [3.8, 4) is 0 Å². The Labute approximate surface area is 159 Å². The van der Waals surface area contributed by atoms with Gasteiger partial charge in [-0.1, -0.05) is 25.5 Å². The Balaban J connectivity index is 2.00. The first-order valence-corrected chi connectivity index (χ1v) is 10.4. The molecule has 27 heavy (non-hydrogen) atoms. The maximum absolute atomic E-state index is 12.3. The fraction of sp³-hybridized carbons (Fsp3) is 0.300. The van der Waals surface area contributed by atoms with E-state index in [4.69, 9.17) is 5.11 Å². The molecular formula is C20H23NO5S. The lowest BCUT2D eigenvalue weighted by Gasteiger charge is -2.08. The van der Waals surface area contributed by atoms with Crippen LogP contribution >= 0.6 is 0 Å². The normalized spacial score (nSPS) is 11.1. The summed E-state index contributed by atoms with van der Waals surface area (Å²) in [5, 5.41) is 11.4. The van der Waals surface area contributed by atoms with E-state index in [1.54, 1.807) is 24.3 Å². The van der Waals surface area contributed by atoms with Crippen molar-refractivity contribution in [1.82, 2.24) is 0 Å². The number of sulfone groups is 1. The fourth-order valence-corrected chi connectivity index (χ4v) is 3.93. The van der Waals surface area contributed by atoms with Crippen LogP contribution in [0.15, 0.2) is 53.4 Å². The van der Waals surface area contributed by atoms with Crippen LogP contribution in [0.3, 0.4) is 0 Å². The maximum Gasteiger partial charge on any atom is 0.303 e. The summed E-state index contributed by atoms with van der Waals surface area (Å²) in [6.45, 7) is 1.93. The van der Waals surface area contributed by atoms with Crippen molar-refractivity contribution in [2.75, 3.05) is 11.1 Å². The molecule has 0 radical (unpaired) electrons. The number of hydrogen-bond acceptors (Lipinski definition) is 4. The van der Waals surface area contributed by atoms with Crippen molar-refractivity contribution in [2.45, 2.75) is 37.5 Å². The number of anilines is 1. The van der Waals surface area contributed by atoms with Gasteiger partial charge in [0.1, 0.15) is 0 Å². The number of aryl methyl sites for hydroxylation is 1. The smallest absolute Gasteiger partial charge is 0.303 e. The van der Waals surface area contributed by atoms with E-state index in [0.717, 1.165) is 12.0 Å². The Bertz CT molecular complexity index is 887. The van der Waals surface area contributed by atoms with Gasteiger partial charge >= 0.3 is 5.97 Å². The Morgan fingerprint density at radius 2 is 1.63 bits per heavy atom. The van der Waals surface area contributed by atoms with Gasteiger partial charge in [0, 0.05) is 17.7 Å². The molecule has 0 bridgehead atoms. The molecule has 0 fully saturated rings. The molecule has 7 heteroatoms. The molecule has 0 aliphatic rings. The van der Waals surface area contributed by atoms with Crippen LogP contribution in [0.5, 0.6) is 0 Å². The molecule has 0 spiro atoms. The number of aliphatic carboxylic acids is 1. The monoisotopic (exact) mass is 389 g/mol. The predicted octanol–water partition coefficient (Wildman–Crippen LogP) is 3.53. The largest absolute Gasteiger partial charge is 0.481 e. The van der Waals surface area contributed by atoms with Gasteiger partial charge in [-0.15, -0.1) is 0 Å². The first-order chi connectivity index (χ1) is 12.8. The topological polar surface area (TPSA) is 101 Å². The van der Waals surface area contributed by atoms with Crippen LogP contribution in [0, 0.1) is 0 Å². The fourth-order valence-electron chi connectivity index (χ4n) is 2.48. The highest BCUT2D eigenvalue weighted by Crippen LogP contribution is 2.16. The molecule has 2 N–H and O–H groups in total. The molecule has 0 saturated carbocycles. The van der Waals surface area contributed by atoms with Crippen molar-refractivity contribution in [3.05, 3.63) is 59.7 Å². The third-order valence-corrected chi connectivity index (χ3v) is 5.90. The summed E-state index contributed by atoms with van der Waals surface area (Å²) < 4.78 is 24.3. The van der Waals surface area contributed by atoms with E-state index in [1.807, 2.05) is 6.92 Å². The number of rotatable bonds is 9. The zero-order valence-electron chi connectivity index (χ0n) is 15.1. The van der Waals surface area contributed by atoms with E-state index in [0.29, 0.717) is 24.1 Å². The molecule has 6 nitrogen and oxygen atoms in total. The average Bonchev–Trinajstić information content (AvgIpc) is 2.66. The second-order valence-corrected chi connectivity index (χ2v) is 8.35. The van der Waals surface area contributed by atoms with Gasteiger partial charge in [0.2, 0.25) is 0 Å². The summed E-state index contributed by atoms with van der Waals surface area (Å²) >= 11 is 0. The lowest BCUT2D eigenvalue weighted by molar-refractivity contribution is -0.136. The molecule has 0 heterocycles. The van der Waals surface area contributed by atoms with E-state index >= 15 is 0 Å².